The molecule has 1 N–H and O–H groups in total. The lowest BCUT2D eigenvalue weighted by atomic mass is 10.1. The quantitative estimate of drug-likeness (QED) is 0.937. The van der Waals surface area contributed by atoms with Gasteiger partial charge in [0, 0.05) is 42.5 Å². The maximum atomic E-state index is 10.4. The molecule has 1 aliphatic carbocycles. The number of fused-ring (bicyclic) bond motifs is 1. The summed E-state index contributed by atoms with van der Waals surface area (Å²) in [5.41, 5.74) is 3.27. The van der Waals surface area contributed by atoms with Crippen molar-refractivity contribution in [1.82, 2.24) is 9.47 Å². The molecule has 0 aliphatic heterocycles. The summed E-state index contributed by atoms with van der Waals surface area (Å²) in [5, 5.41) is 11.7. The van der Waals surface area contributed by atoms with E-state index in [1.165, 1.54) is 5.56 Å². The number of halogens is 2. The van der Waals surface area contributed by atoms with Crippen molar-refractivity contribution >= 4 is 23.2 Å². The molecule has 0 radical (unpaired) electrons. The molecule has 1 aromatic heterocycles. The molecule has 2 atom stereocenters. The first-order valence-corrected chi connectivity index (χ1v) is 7.68. The van der Waals surface area contributed by atoms with Crippen molar-refractivity contribution in [3.05, 3.63) is 57.3 Å². The number of hydrogen-bond acceptors (Lipinski definition) is 2. The van der Waals surface area contributed by atoms with Gasteiger partial charge in [-0.2, -0.15) is 0 Å². The average Bonchev–Trinajstić information content (AvgIpc) is 2.92. The highest BCUT2D eigenvalue weighted by Crippen LogP contribution is 2.41. The first-order chi connectivity index (χ1) is 9.95. The minimum Gasteiger partial charge on any atom is -0.391 e. The Labute approximate surface area is 134 Å². The minimum atomic E-state index is -0.454. The van der Waals surface area contributed by atoms with Crippen LogP contribution >= 0.6 is 23.2 Å². The third-order valence-electron chi connectivity index (χ3n) is 4.09. The second kappa shape index (κ2) is 5.65. The predicted molar refractivity (Wildman–Crippen MR) is 85.8 cm³/mol. The van der Waals surface area contributed by atoms with Crippen LogP contribution in [-0.4, -0.2) is 27.7 Å². The number of aliphatic hydroxyl groups is 1. The molecular weight excluding hydrogens is 307 g/mol. The van der Waals surface area contributed by atoms with E-state index < -0.39 is 6.10 Å². The van der Waals surface area contributed by atoms with Gasteiger partial charge in [0.1, 0.15) is 0 Å². The number of nitrogens with zero attached hydrogens (tertiary/aromatic N) is 2. The normalized spacial score (nSPS) is 21.0. The van der Waals surface area contributed by atoms with Gasteiger partial charge in [-0.1, -0.05) is 23.2 Å². The molecule has 1 aromatic carbocycles. The highest BCUT2D eigenvalue weighted by molar-refractivity contribution is 6.35. The minimum absolute atomic E-state index is 0.0728. The van der Waals surface area contributed by atoms with Gasteiger partial charge in [0.2, 0.25) is 0 Å². The van der Waals surface area contributed by atoms with E-state index in [4.69, 9.17) is 23.2 Å². The van der Waals surface area contributed by atoms with Crippen LogP contribution in [0.3, 0.4) is 0 Å². The van der Waals surface area contributed by atoms with E-state index in [-0.39, 0.29) is 6.04 Å². The van der Waals surface area contributed by atoms with Crippen molar-refractivity contribution in [3.63, 3.8) is 0 Å². The monoisotopic (exact) mass is 324 g/mol. The fourth-order valence-corrected chi connectivity index (χ4v) is 3.79. The molecule has 3 nitrogen and oxygen atoms in total. The zero-order valence-corrected chi connectivity index (χ0v) is 13.6. The van der Waals surface area contributed by atoms with Gasteiger partial charge in [-0.05, 0) is 41.9 Å². The largest absolute Gasteiger partial charge is 0.391 e. The highest BCUT2D eigenvalue weighted by Gasteiger charge is 2.35. The Morgan fingerprint density at radius 3 is 2.81 bits per heavy atom. The number of aromatic nitrogens is 1. The zero-order chi connectivity index (χ0) is 15.1. The van der Waals surface area contributed by atoms with Crippen molar-refractivity contribution in [2.45, 2.75) is 25.1 Å². The average molecular weight is 325 g/mol. The molecule has 0 saturated carbocycles. The van der Waals surface area contributed by atoms with Gasteiger partial charge in [-0.3, -0.25) is 4.90 Å². The number of aliphatic hydroxyl groups excluding tert-OH is 1. The SMILES string of the molecule is CN(Cc1ccn(C)c1)C1c2cc(Cl)cc(Cl)c2CC1O. The van der Waals surface area contributed by atoms with Gasteiger partial charge in [0.25, 0.3) is 0 Å². The molecule has 0 saturated heterocycles. The summed E-state index contributed by atoms with van der Waals surface area (Å²) < 4.78 is 2.02. The molecule has 0 amide bonds. The summed E-state index contributed by atoms with van der Waals surface area (Å²) in [6, 6.07) is 5.68. The molecule has 3 rings (SSSR count). The Morgan fingerprint density at radius 1 is 1.38 bits per heavy atom. The van der Waals surface area contributed by atoms with Crippen LogP contribution in [0.4, 0.5) is 0 Å². The van der Waals surface area contributed by atoms with Crippen LogP contribution in [0.15, 0.2) is 30.6 Å². The predicted octanol–water partition coefficient (Wildman–Crippen LogP) is 3.42. The van der Waals surface area contributed by atoms with Crippen LogP contribution in [0.2, 0.25) is 10.0 Å². The van der Waals surface area contributed by atoms with E-state index in [9.17, 15) is 5.11 Å². The van der Waals surface area contributed by atoms with Gasteiger partial charge in [-0.15, -0.1) is 0 Å². The van der Waals surface area contributed by atoms with Crippen molar-refractivity contribution in [1.29, 1.82) is 0 Å². The van der Waals surface area contributed by atoms with Crippen LogP contribution < -0.4 is 0 Å². The summed E-state index contributed by atoms with van der Waals surface area (Å²) in [7, 11) is 4.02. The Bertz CT molecular complexity index is 668. The fourth-order valence-electron chi connectivity index (χ4n) is 3.20. The summed E-state index contributed by atoms with van der Waals surface area (Å²) >= 11 is 12.4. The molecule has 5 heteroatoms. The number of rotatable bonds is 3. The molecule has 1 aliphatic rings. The maximum absolute atomic E-state index is 10.4. The Morgan fingerprint density at radius 2 is 2.14 bits per heavy atom. The molecule has 112 valence electrons. The van der Waals surface area contributed by atoms with Crippen LogP contribution in [0.1, 0.15) is 22.7 Å². The van der Waals surface area contributed by atoms with Crippen LogP contribution in [0.5, 0.6) is 0 Å². The van der Waals surface area contributed by atoms with Crippen LogP contribution in [-0.2, 0) is 20.0 Å². The van der Waals surface area contributed by atoms with Crippen molar-refractivity contribution in [2.24, 2.45) is 7.05 Å². The van der Waals surface area contributed by atoms with E-state index in [0.29, 0.717) is 16.5 Å². The zero-order valence-electron chi connectivity index (χ0n) is 12.1. The lowest BCUT2D eigenvalue weighted by Gasteiger charge is -2.27. The van der Waals surface area contributed by atoms with Gasteiger partial charge in [0.05, 0.1) is 12.1 Å². The van der Waals surface area contributed by atoms with Crippen LogP contribution in [0, 0.1) is 0 Å². The smallest absolute Gasteiger partial charge is 0.0778 e. The summed E-state index contributed by atoms with van der Waals surface area (Å²) in [4.78, 5) is 2.15. The molecule has 0 fully saturated rings. The number of benzene rings is 1. The molecule has 2 unspecified atom stereocenters. The lowest BCUT2D eigenvalue weighted by Crippen LogP contribution is -2.30. The molecule has 21 heavy (non-hydrogen) atoms. The van der Waals surface area contributed by atoms with E-state index in [1.807, 2.05) is 30.9 Å². The first-order valence-electron chi connectivity index (χ1n) is 6.92. The lowest BCUT2D eigenvalue weighted by molar-refractivity contribution is 0.0725. The third kappa shape index (κ3) is 2.84. The first kappa shape index (κ1) is 14.9. The summed E-state index contributed by atoms with van der Waals surface area (Å²) in [5.74, 6) is 0. The number of aryl methyl sites for hydroxylation is 1. The molecule has 2 aromatic rings. The second-order valence-corrected chi connectivity index (χ2v) is 6.62. The van der Waals surface area contributed by atoms with E-state index in [2.05, 4.69) is 17.2 Å². The van der Waals surface area contributed by atoms with E-state index in [0.717, 1.165) is 17.7 Å². The van der Waals surface area contributed by atoms with Gasteiger partial charge < -0.3 is 9.67 Å². The van der Waals surface area contributed by atoms with E-state index >= 15 is 0 Å². The second-order valence-electron chi connectivity index (χ2n) is 5.77. The Balaban J connectivity index is 1.89. The van der Waals surface area contributed by atoms with Crippen molar-refractivity contribution in [3.8, 4) is 0 Å². The summed E-state index contributed by atoms with van der Waals surface area (Å²) in [6.45, 7) is 0.770. The van der Waals surface area contributed by atoms with Gasteiger partial charge in [-0.25, -0.2) is 0 Å². The highest BCUT2D eigenvalue weighted by atomic mass is 35.5. The third-order valence-corrected chi connectivity index (χ3v) is 4.65. The Kier molecular flexibility index (Phi) is 4.02. The molecule has 0 bridgehead atoms. The number of hydrogen-bond donors (Lipinski definition) is 1. The van der Waals surface area contributed by atoms with Crippen molar-refractivity contribution < 1.29 is 5.11 Å². The Hall–Kier alpha value is -1.000. The molecular formula is C16H18Cl2N2O. The maximum Gasteiger partial charge on any atom is 0.0778 e. The molecule has 1 heterocycles. The number of likely N-dealkylation sites (N-methyl/N-ethyl adjacent to an activating group) is 1. The van der Waals surface area contributed by atoms with Gasteiger partial charge >= 0.3 is 0 Å². The molecule has 0 spiro atoms. The standard InChI is InChI=1S/C16H18Cl2N2O/c1-19-4-3-10(8-19)9-20(2)16-13-5-11(17)6-14(18)12(13)7-15(16)21/h3-6,8,15-16,21H,7,9H2,1-2H3. The van der Waals surface area contributed by atoms with E-state index in [1.54, 1.807) is 6.07 Å². The van der Waals surface area contributed by atoms with Gasteiger partial charge in [0.15, 0.2) is 0 Å². The van der Waals surface area contributed by atoms with Crippen molar-refractivity contribution in [2.75, 3.05) is 7.05 Å². The van der Waals surface area contributed by atoms with Crippen LogP contribution in [0.25, 0.3) is 0 Å². The fraction of sp³-hybridized carbons (Fsp3) is 0.375. The summed E-state index contributed by atoms with van der Waals surface area (Å²) in [6.07, 6.45) is 4.24. The topological polar surface area (TPSA) is 28.4 Å².